The highest BCUT2D eigenvalue weighted by molar-refractivity contribution is 5.85. The summed E-state index contributed by atoms with van der Waals surface area (Å²) >= 11 is 0. The Hall–Kier alpha value is -0.910. The van der Waals surface area contributed by atoms with Gasteiger partial charge in [0.1, 0.15) is 0 Å². The molecule has 1 fully saturated rings. The van der Waals surface area contributed by atoms with Crippen LogP contribution in [0.15, 0.2) is 12.1 Å². The predicted octanol–water partition coefficient (Wildman–Crippen LogP) is 2.65. The molecule has 0 spiro atoms. The maximum absolute atomic E-state index is 13.6. The highest BCUT2D eigenvalue weighted by atomic mass is 35.5. The first kappa shape index (κ1) is 16.1. The lowest BCUT2D eigenvalue weighted by Gasteiger charge is -2.22. The standard InChI is InChI=1S/C13H17F2NO2.ClH/c14-11-5-10(7-16)6-12(15)13(11)18-8-9-1-3-17-4-2-9;/h5-6,9H,1-4,7-8,16H2;1H. The Bertz CT molecular complexity index is 389. The van der Waals surface area contributed by atoms with Gasteiger partial charge < -0.3 is 15.2 Å². The minimum Gasteiger partial charge on any atom is -0.487 e. The number of hydrogen-bond donors (Lipinski definition) is 1. The van der Waals surface area contributed by atoms with Gasteiger partial charge in [-0.1, -0.05) is 0 Å². The number of halogens is 3. The van der Waals surface area contributed by atoms with E-state index in [-0.39, 0.29) is 24.7 Å². The Kier molecular flexibility index (Phi) is 6.48. The molecule has 2 N–H and O–H groups in total. The molecule has 19 heavy (non-hydrogen) atoms. The topological polar surface area (TPSA) is 44.5 Å². The molecule has 0 aromatic heterocycles. The first-order valence-corrected chi connectivity index (χ1v) is 6.09. The lowest BCUT2D eigenvalue weighted by Crippen LogP contribution is -2.22. The first-order valence-electron chi connectivity index (χ1n) is 6.09. The SMILES string of the molecule is Cl.NCc1cc(F)c(OCC2CCOCC2)c(F)c1. The summed E-state index contributed by atoms with van der Waals surface area (Å²) in [5.41, 5.74) is 5.76. The van der Waals surface area contributed by atoms with Crippen molar-refractivity contribution < 1.29 is 18.3 Å². The van der Waals surface area contributed by atoms with Gasteiger partial charge in [0.25, 0.3) is 0 Å². The monoisotopic (exact) mass is 293 g/mol. The van der Waals surface area contributed by atoms with Gasteiger partial charge in [0, 0.05) is 19.8 Å². The van der Waals surface area contributed by atoms with Crippen molar-refractivity contribution in [2.75, 3.05) is 19.8 Å². The normalized spacial score (nSPS) is 15.9. The van der Waals surface area contributed by atoms with E-state index >= 15 is 0 Å². The average molecular weight is 294 g/mol. The van der Waals surface area contributed by atoms with E-state index in [4.69, 9.17) is 15.2 Å². The molecule has 1 aromatic rings. The Morgan fingerprint density at radius 2 is 1.79 bits per heavy atom. The van der Waals surface area contributed by atoms with Gasteiger partial charge >= 0.3 is 0 Å². The van der Waals surface area contributed by atoms with Gasteiger partial charge in [-0.3, -0.25) is 0 Å². The number of rotatable bonds is 4. The molecule has 0 amide bonds. The molecule has 0 saturated carbocycles. The summed E-state index contributed by atoms with van der Waals surface area (Å²) in [5, 5.41) is 0. The molecule has 1 aliphatic rings. The van der Waals surface area contributed by atoms with E-state index in [2.05, 4.69) is 0 Å². The Labute approximate surface area is 117 Å². The predicted molar refractivity (Wildman–Crippen MR) is 70.5 cm³/mol. The molecule has 0 radical (unpaired) electrons. The number of benzene rings is 1. The summed E-state index contributed by atoms with van der Waals surface area (Å²) in [5.74, 6) is -1.39. The Morgan fingerprint density at radius 3 is 2.32 bits per heavy atom. The molecule has 2 rings (SSSR count). The fourth-order valence-electron chi connectivity index (χ4n) is 1.98. The van der Waals surface area contributed by atoms with Crippen molar-refractivity contribution in [3.05, 3.63) is 29.3 Å². The van der Waals surface area contributed by atoms with Gasteiger partial charge in [-0.15, -0.1) is 12.4 Å². The minimum atomic E-state index is -0.692. The van der Waals surface area contributed by atoms with Crippen LogP contribution >= 0.6 is 12.4 Å². The molecule has 1 heterocycles. The van der Waals surface area contributed by atoms with E-state index in [0.29, 0.717) is 31.3 Å². The van der Waals surface area contributed by atoms with Crippen LogP contribution in [0.4, 0.5) is 8.78 Å². The maximum atomic E-state index is 13.6. The third-order valence-electron chi connectivity index (χ3n) is 3.10. The zero-order chi connectivity index (χ0) is 13.0. The van der Waals surface area contributed by atoms with Crippen molar-refractivity contribution in [1.82, 2.24) is 0 Å². The van der Waals surface area contributed by atoms with Crippen LogP contribution in [0.5, 0.6) is 5.75 Å². The number of ether oxygens (including phenoxy) is 2. The maximum Gasteiger partial charge on any atom is 0.190 e. The second kappa shape index (κ2) is 7.62. The minimum absolute atomic E-state index is 0. The lowest BCUT2D eigenvalue weighted by atomic mass is 10.0. The third-order valence-corrected chi connectivity index (χ3v) is 3.10. The van der Waals surface area contributed by atoms with Crippen LogP contribution in [0.25, 0.3) is 0 Å². The zero-order valence-electron chi connectivity index (χ0n) is 10.5. The molecule has 0 bridgehead atoms. The van der Waals surface area contributed by atoms with E-state index in [0.717, 1.165) is 12.8 Å². The van der Waals surface area contributed by atoms with Crippen LogP contribution in [0.1, 0.15) is 18.4 Å². The summed E-state index contributed by atoms with van der Waals surface area (Å²) < 4.78 is 37.7. The summed E-state index contributed by atoms with van der Waals surface area (Å²) in [7, 11) is 0. The van der Waals surface area contributed by atoms with E-state index in [1.54, 1.807) is 0 Å². The third kappa shape index (κ3) is 4.30. The van der Waals surface area contributed by atoms with Gasteiger partial charge in [-0.05, 0) is 36.5 Å². The van der Waals surface area contributed by atoms with Crippen molar-refractivity contribution in [1.29, 1.82) is 0 Å². The van der Waals surface area contributed by atoms with E-state index < -0.39 is 11.6 Å². The smallest absolute Gasteiger partial charge is 0.190 e. The average Bonchev–Trinajstić information content (AvgIpc) is 2.38. The molecule has 1 saturated heterocycles. The highest BCUT2D eigenvalue weighted by Gasteiger charge is 2.17. The first-order chi connectivity index (χ1) is 8.70. The molecule has 0 atom stereocenters. The number of nitrogens with two attached hydrogens (primary N) is 1. The molecule has 1 aliphatic heterocycles. The van der Waals surface area contributed by atoms with Crippen molar-refractivity contribution in [2.45, 2.75) is 19.4 Å². The second-order valence-corrected chi connectivity index (χ2v) is 4.46. The molecule has 0 aliphatic carbocycles. The van der Waals surface area contributed by atoms with Gasteiger partial charge in [0.15, 0.2) is 17.4 Å². The lowest BCUT2D eigenvalue weighted by molar-refractivity contribution is 0.0485. The van der Waals surface area contributed by atoms with Gasteiger partial charge in [-0.2, -0.15) is 0 Å². The molecule has 0 unspecified atom stereocenters. The van der Waals surface area contributed by atoms with Gasteiger partial charge in [-0.25, -0.2) is 8.78 Å². The van der Waals surface area contributed by atoms with Crippen LogP contribution in [-0.4, -0.2) is 19.8 Å². The van der Waals surface area contributed by atoms with Crippen molar-refractivity contribution in [2.24, 2.45) is 11.7 Å². The van der Waals surface area contributed by atoms with E-state index in [1.807, 2.05) is 0 Å². The Morgan fingerprint density at radius 1 is 1.21 bits per heavy atom. The highest BCUT2D eigenvalue weighted by Crippen LogP contribution is 2.25. The fraction of sp³-hybridized carbons (Fsp3) is 0.538. The molecule has 108 valence electrons. The van der Waals surface area contributed by atoms with E-state index in [1.165, 1.54) is 12.1 Å². The van der Waals surface area contributed by atoms with Crippen LogP contribution in [0.2, 0.25) is 0 Å². The molecule has 3 nitrogen and oxygen atoms in total. The van der Waals surface area contributed by atoms with E-state index in [9.17, 15) is 8.78 Å². The molecular formula is C13H18ClF2NO2. The Balaban J connectivity index is 0.00000180. The van der Waals surface area contributed by atoms with Crippen molar-refractivity contribution in [3.63, 3.8) is 0 Å². The van der Waals surface area contributed by atoms with Crippen LogP contribution < -0.4 is 10.5 Å². The number of hydrogen-bond acceptors (Lipinski definition) is 3. The largest absolute Gasteiger partial charge is 0.487 e. The zero-order valence-corrected chi connectivity index (χ0v) is 11.3. The van der Waals surface area contributed by atoms with Crippen molar-refractivity contribution >= 4 is 12.4 Å². The summed E-state index contributed by atoms with van der Waals surface area (Å²) in [4.78, 5) is 0. The summed E-state index contributed by atoms with van der Waals surface area (Å²) in [6.07, 6.45) is 1.73. The van der Waals surface area contributed by atoms with Gasteiger partial charge in [0.05, 0.1) is 6.61 Å². The van der Waals surface area contributed by atoms with Crippen molar-refractivity contribution in [3.8, 4) is 5.75 Å². The molecular weight excluding hydrogens is 276 g/mol. The summed E-state index contributed by atoms with van der Waals surface area (Å²) in [6, 6.07) is 2.42. The van der Waals surface area contributed by atoms with Crippen LogP contribution in [0, 0.1) is 17.6 Å². The van der Waals surface area contributed by atoms with Crippen LogP contribution in [-0.2, 0) is 11.3 Å². The van der Waals surface area contributed by atoms with Crippen LogP contribution in [0.3, 0.4) is 0 Å². The van der Waals surface area contributed by atoms with Gasteiger partial charge in [0.2, 0.25) is 0 Å². The summed E-state index contributed by atoms with van der Waals surface area (Å²) in [6.45, 7) is 1.80. The fourth-order valence-corrected chi connectivity index (χ4v) is 1.98. The molecule has 6 heteroatoms. The quantitative estimate of drug-likeness (QED) is 0.928. The molecule has 1 aromatic carbocycles. The second-order valence-electron chi connectivity index (χ2n) is 4.46.